The summed E-state index contributed by atoms with van der Waals surface area (Å²) >= 11 is 0. The highest BCUT2D eigenvalue weighted by Gasteiger charge is 2.47. The maximum Gasteiger partial charge on any atom is 0.221 e. The van der Waals surface area contributed by atoms with Gasteiger partial charge < -0.3 is 10.6 Å². The maximum absolute atomic E-state index is 11.8. The summed E-state index contributed by atoms with van der Waals surface area (Å²) in [6.07, 6.45) is 2.72. The van der Waals surface area contributed by atoms with Gasteiger partial charge in [-0.15, -0.1) is 0 Å². The molecule has 0 saturated carbocycles. The first-order valence-corrected chi connectivity index (χ1v) is 6.37. The first kappa shape index (κ1) is 10.8. The van der Waals surface area contributed by atoms with Gasteiger partial charge in [0.2, 0.25) is 5.91 Å². The molecule has 0 aromatic heterocycles. The van der Waals surface area contributed by atoms with Gasteiger partial charge in [-0.1, -0.05) is 30.3 Å². The first-order chi connectivity index (χ1) is 8.30. The van der Waals surface area contributed by atoms with Crippen LogP contribution in [0.25, 0.3) is 0 Å². The molecule has 0 aliphatic carbocycles. The van der Waals surface area contributed by atoms with Gasteiger partial charge in [-0.25, -0.2) is 0 Å². The molecule has 2 aliphatic rings. The van der Waals surface area contributed by atoms with E-state index < -0.39 is 0 Å². The van der Waals surface area contributed by atoms with Crippen LogP contribution in [-0.4, -0.2) is 24.5 Å². The van der Waals surface area contributed by atoms with Crippen molar-refractivity contribution in [2.75, 3.05) is 13.1 Å². The summed E-state index contributed by atoms with van der Waals surface area (Å²) in [4.78, 5) is 11.8. The Morgan fingerprint density at radius 1 is 1.12 bits per heavy atom. The molecule has 3 heteroatoms. The molecule has 0 bridgehead atoms. The highest BCUT2D eigenvalue weighted by atomic mass is 16.2. The minimum absolute atomic E-state index is 0.00366. The smallest absolute Gasteiger partial charge is 0.221 e. The van der Waals surface area contributed by atoms with Gasteiger partial charge >= 0.3 is 0 Å². The Balaban J connectivity index is 1.94. The number of hydrogen-bond acceptors (Lipinski definition) is 2. The van der Waals surface area contributed by atoms with E-state index >= 15 is 0 Å². The van der Waals surface area contributed by atoms with Crippen molar-refractivity contribution in [3.8, 4) is 0 Å². The van der Waals surface area contributed by atoms with Crippen molar-refractivity contribution in [2.24, 2.45) is 0 Å². The zero-order chi connectivity index (χ0) is 11.7. The van der Waals surface area contributed by atoms with Gasteiger partial charge in [0.1, 0.15) is 0 Å². The molecule has 1 aromatic rings. The molecule has 3 nitrogen and oxygen atoms in total. The van der Waals surface area contributed by atoms with Crippen LogP contribution in [0.4, 0.5) is 0 Å². The van der Waals surface area contributed by atoms with E-state index in [0.29, 0.717) is 12.3 Å². The fraction of sp³-hybridized carbons (Fsp3) is 0.500. The van der Waals surface area contributed by atoms with Crippen LogP contribution in [-0.2, 0) is 4.79 Å². The fourth-order valence-corrected chi connectivity index (χ4v) is 3.27. The van der Waals surface area contributed by atoms with Gasteiger partial charge in [-0.05, 0) is 31.5 Å². The molecule has 2 fully saturated rings. The molecule has 0 radical (unpaired) electrons. The van der Waals surface area contributed by atoms with E-state index in [4.69, 9.17) is 0 Å². The number of benzene rings is 1. The van der Waals surface area contributed by atoms with Crippen LogP contribution in [0, 0.1) is 0 Å². The summed E-state index contributed by atoms with van der Waals surface area (Å²) < 4.78 is 0. The number of piperidine rings is 1. The Kier molecular flexibility index (Phi) is 2.63. The van der Waals surface area contributed by atoms with Crippen LogP contribution in [0.2, 0.25) is 0 Å². The van der Waals surface area contributed by atoms with E-state index in [2.05, 4.69) is 34.9 Å². The highest BCUT2D eigenvalue weighted by Crippen LogP contribution is 2.41. The van der Waals surface area contributed by atoms with E-state index in [0.717, 1.165) is 25.9 Å². The second-order valence-electron chi connectivity index (χ2n) is 5.12. The Morgan fingerprint density at radius 3 is 2.53 bits per heavy atom. The average molecular weight is 230 g/mol. The summed E-state index contributed by atoms with van der Waals surface area (Å²) in [5.74, 6) is 0.555. The van der Waals surface area contributed by atoms with E-state index in [1.165, 1.54) is 5.56 Å². The third-order valence-electron chi connectivity index (χ3n) is 4.14. The highest BCUT2D eigenvalue weighted by molar-refractivity contribution is 5.81. The number of rotatable bonds is 1. The molecule has 2 aliphatic heterocycles. The SMILES string of the molecule is O=C1C[C@@H](c2ccccc2)C2(CCNCC2)N1. The van der Waals surface area contributed by atoms with Crippen LogP contribution in [0.15, 0.2) is 30.3 Å². The van der Waals surface area contributed by atoms with Crippen molar-refractivity contribution in [3.05, 3.63) is 35.9 Å². The van der Waals surface area contributed by atoms with Crippen LogP contribution < -0.4 is 10.6 Å². The van der Waals surface area contributed by atoms with Crippen molar-refractivity contribution in [1.82, 2.24) is 10.6 Å². The summed E-state index contributed by atoms with van der Waals surface area (Å²) in [5.41, 5.74) is 1.30. The van der Waals surface area contributed by atoms with Crippen LogP contribution >= 0.6 is 0 Å². The number of nitrogens with one attached hydrogen (secondary N) is 2. The zero-order valence-corrected chi connectivity index (χ0v) is 9.91. The zero-order valence-electron chi connectivity index (χ0n) is 9.91. The van der Waals surface area contributed by atoms with Gasteiger partial charge in [0, 0.05) is 17.9 Å². The van der Waals surface area contributed by atoms with Crippen molar-refractivity contribution in [3.63, 3.8) is 0 Å². The lowest BCUT2D eigenvalue weighted by molar-refractivity contribution is -0.119. The second kappa shape index (κ2) is 4.15. The molecule has 1 spiro atoms. The second-order valence-corrected chi connectivity index (χ2v) is 5.12. The Labute approximate surface area is 102 Å². The molecule has 1 amide bonds. The molecule has 90 valence electrons. The van der Waals surface area contributed by atoms with Gasteiger partial charge in [-0.2, -0.15) is 0 Å². The third-order valence-corrected chi connectivity index (χ3v) is 4.14. The first-order valence-electron chi connectivity index (χ1n) is 6.37. The summed E-state index contributed by atoms with van der Waals surface area (Å²) in [6, 6.07) is 10.5. The lowest BCUT2D eigenvalue weighted by atomic mass is 9.75. The van der Waals surface area contributed by atoms with E-state index in [-0.39, 0.29) is 11.4 Å². The topological polar surface area (TPSA) is 41.1 Å². The standard InChI is InChI=1S/C14H18N2O/c17-13-10-12(11-4-2-1-3-5-11)14(16-13)6-8-15-9-7-14/h1-5,12,15H,6-10H2,(H,16,17)/t12-/m0/s1. The van der Waals surface area contributed by atoms with E-state index in [9.17, 15) is 4.79 Å². The molecular weight excluding hydrogens is 212 g/mol. The molecular formula is C14H18N2O. The fourth-order valence-electron chi connectivity index (χ4n) is 3.27. The molecule has 2 saturated heterocycles. The monoisotopic (exact) mass is 230 g/mol. The normalized spacial score (nSPS) is 27.1. The lowest BCUT2D eigenvalue weighted by Gasteiger charge is -2.39. The van der Waals surface area contributed by atoms with Gasteiger partial charge in [0.05, 0.1) is 0 Å². The minimum atomic E-state index is 0.00366. The molecule has 17 heavy (non-hydrogen) atoms. The molecule has 1 atom stereocenters. The van der Waals surface area contributed by atoms with Crippen LogP contribution in [0.3, 0.4) is 0 Å². The third kappa shape index (κ3) is 1.84. The van der Waals surface area contributed by atoms with Crippen LogP contribution in [0.1, 0.15) is 30.7 Å². The predicted octanol–water partition coefficient (Wildman–Crippen LogP) is 1.41. The quantitative estimate of drug-likeness (QED) is 0.766. The molecule has 2 heterocycles. The summed E-state index contributed by atoms with van der Waals surface area (Å²) in [6.45, 7) is 2.01. The Hall–Kier alpha value is -1.35. The van der Waals surface area contributed by atoms with E-state index in [1.807, 2.05) is 6.07 Å². The van der Waals surface area contributed by atoms with Crippen molar-refractivity contribution in [2.45, 2.75) is 30.7 Å². The Morgan fingerprint density at radius 2 is 1.82 bits per heavy atom. The number of carbonyl (C=O) groups excluding carboxylic acids is 1. The predicted molar refractivity (Wildman–Crippen MR) is 66.8 cm³/mol. The van der Waals surface area contributed by atoms with Crippen LogP contribution in [0.5, 0.6) is 0 Å². The minimum Gasteiger partial charge on any atom is -0.350 e. The van der Waals surface area contributed by atoms with Gasteiger partial charge in [0.15, 0.2) is 0 Å². The molecule has 3 rings (SSSR count). The lowest BCUT2D eigenvalue weighted by Crippen LogP contribution is -2.52. The number of carbonyl (C=O) groups is 1. The van der Waals surface area contributed by atoms with Gasteiger partial charge in [-0.3, -0.25) is 4.79 Å². The molecule has 0 unspecified atom stereocenters. The largest absolute Gasteiger partial charge is 0.350 e. The summed E-state index contributed by atoms with van der Waals surface area (Å²) in [7, 11) is 0. The van der Waals surface area contributed by atoms with E-state index in [1.54, 1.807) is 0 Å². The number of amides is 1. The van der Waals surface area contributed by atoms with Crippen molar-refractivity contribution >= 4 is 5.91 Å². The summed E-state index contributed by atoms with van der Waals surface area (Å²) in [5, 5.41) is 6.61. The molecule has 2 N–H and O–H groups in total. The van der Waals surface area contributed by atoms with Crippen molar-refractivity contribution in [1.29, 1.82) is 0 Å². The maximum atomic E-state index is 11.8. The van der Waals surface area contributed by atoms with Crippen molar-refractivity contribution < 1.29 is 4.79 Å². The number of hydrogen-bond donors (Lipinski definition) is 2. The van der Waals surface area contributed by atoms with Gasteiger partial charge in [0.25, 0.3) is 0 Å². The average Bonchev–Trinajstić information content (AvgIpc) is 2.68. The Bertz CT molecular complexity index is 409. The molecule has 1 aromatic carbocycles.